The molecule has 0 aliphatic heterocycles. The number of nitrogens with zero attached hydrogens (tertiary/aromatic N) is 5. The van der Waals surface area contributed by atoms with E-state index in [1.54, 1.807) is 18.7 Å². The Morgan fingerprint density at radius 3 is 2.42 bits per heavy atom. The maximum absolute atomic E-state index is 12.8. The summed E-state index contributed by atoms with van der Waals surface area (Å²) < 4.78 is 9.09. The molecule has 0 aliphatic rings. The molecule has 0 radical (unpaired) electrons. The van der Waals surface area contributed by atoms with Crippen LogP contribution < -0.4 is 21.7 Å². The van der Waals surface area contributed by atoms with Gasteiger partial charge in [-0.05, 0) is 30.7 Å². The van der Waals surface area contributed by atoms with Crippen LogP contribution in [0, 0.1) is 0 Å². The van der Waals surface area contributed by atoms with Crippen LogP contribution in [0.4, 0.5) is 5.82 Å². The Labute approximate surface area is 182 Å². The molecule has 3 rings (SSSR count). The lowest BCUT2D eigenvalue weighted by molar-refractivity contribution is 0.102. The molecule has 0 aliphatic carbocycles. The van der Waals surface area contributed by atoms with E-state index in [0.717, 1.165) is 27.6 Å². The highest BCUT2D eigenvalue weighted by Gasteiger charge is 2.22. The fraction of sp³-hybridized carbons (Fsp3) is 0.350. The van der Waals surface area contributed by atoms with Gasteiger partial charge < -0.3 is 15.0 Å². The number of Topliss-reactive ketones (excluding diaryl/α,β-unsaturated/α-hetero) is 1. The van der Waals surface area contributed by atoms with E-state index in [9.17, 15) is 14.4 Å². The van der Waals surface area contributed by atoms with Crippen LogP contribution in [-0.4, -0.2) is 42.5 Å². The summed E-state index contributed by atoms with van der Waals surface area (Å²) >= 11 is 1.14. The summed E-state index contributed by atoms with van der Waals surface area (Å²) in [5, 5.41) is 8.85. The van der Waals surface area contributed by atoms with Gasteiger partial charge in [0.1, 0.15) is 17.1 Å². The Balaban J connectivity index is 1.84. The third-order valence-electron chi connectivity index (χ3n) is 4.82. The first-order valence-electron chi connectivity index (χ1n) is 9.59. The molecule has 3 aromatic rings. The van der Waals surface area contributed by atoms with E-state index < -0.39 is 17.0 Å². The van der Waals surface area contributed by atoms with Gasteiger partial charge >= 0.3 is 5.69 Å². The molecule has 1 aromatic carbocycles. The van der Waals surface area contributed by atoms with Crippen molar-refractivity contribution in [1.82, 2.24) is 23.9 Å². The first kappa shape index (κ1) is 22.3. The molecular weight excluding hydrogens is 420 g/mol. The number of anilines is 1. The van der Waals surface area contributed by atoms with Crippen molar-refractivity contribution in [2.45, 2.75) is 25.0 Å². The van der Waals surface area contributed by atoms with Crippen molar-refractivity contribution in [2.24, 2.45) is 14.1 Å². The third-order valence-corrected chi connectivity index (χ3v) is 5.85. The van der Waals surface area contributed by atoms with Gasteiger partial charge in [-0.15, -0.1) is 10.2 Å². The fourth-order valence-electron chi connectivity index (χ4n) is 3.12. The average Bonchev–Trinajstić information content (AvgIpc) is 3.14. The molecule has 0 saturated heterocycles. The summed E-state index contributed by atoms with van der Waals surface area (Å²) in [6, 6.07) is 7.38. The van der Waals surface area contributed by atoms with Crippen molar-refractivity contribution < 1.29 is 9.53 Å². The van der Waals surface area contributed by atoms with Crippen molar-refractivity contribution in [3.8, 4) is 17.1 Å². The maximum atomic E-state index is 12.8. The number of rotatable bonds is 8. The van der Waals surface area contributed by atoms with Crippen LogP contribution >= 0.6 is 11.8 Å². The van der Waals surface area contributed by atoms with Crippen LogP contribution in [-0.2, 0) is 20.6 Å². The second kappa shape index (κ2) is 9.21. The number of benzene rings is 1. The molecule has 0 bridgehead atoms. The van der Waals surface area contributed by atoms with Crippen molar-refractivity contribution in [1.29, 1.82) is 0 Å². The molecule has 0 unspecified atom stereocenters. The van der Waals surface area contributed by atoms with Gasteiger partial charge in [0.05, 0.1) is 12.9 Å². The highest BCUT2D eigenvalue weighted by molar-refractivity contribution is 7.99. The SMILES string of the molecule is CCCn1c(N)c(C(=O)CSc2nnc(-c3ccc(OC)cc3)n2C)c(=O)n(C)c1=O. The molecule has 2 heterocycles. The molecule has 0 atom stereocenters. The van der Waals surface area contributed by atoms with E-state index in [1.807, 2.05) is 31.2 Å². The van der Waals surface area contributed by atoms with Crippen LogP contribution in [0.25, 0.3) is 11.4 Å². The van der Waals surface area contributed by atoms with Gasteiger partial charge in [0.25, 0.3) is 5.56 Å². The van der Waals surface area contributed by atoms with Crippen molar-refractivity contribution in [2.75, 3.05) is 18.6 Å². The molecular formula is C20H24N6O4S. The predicted octanol–water partition coefficient (Wildman–Crippen LogP) is 1.32. The number of hydrogen-bond donors (Lipinski definition) is 1. The summed E-state index contributed by atoms with van der Waals surface area (Å²) in [7, 11) is 4.72. The minimum absolute atomic E-state index is 0.0711. The van der Waals surface area contributed by atoms with Crippen LogP contribution in [0.5, 0.6) is 5.75 Å². The van der Waals surface area contributed by atoms with Crippen LogP contribution in [0.2, 0.25) is 0 Å². The van der Waals surface area contributed by atoms with Gasteiger partial charge in [0, 0.05) is 26.2 Å². The Hall–Kier alpha value is -3.34. The largest absolute Gasteiger partial charge is 0.497 e. The van der Waals surface area contributed by atoms with Gasteiger partial charge in [0.2, 0.25) is 0 Å². The average molecular weight is 445 g/mol. The van der Waals surface area contributed by atoms with Crippen molar-refractivity contribution in [3.05, 3.63) is 50.7 Å². The van der Waals surface area contributed by atoms with E-state index in [0.29, 0.717) is 23.9 Å². The Morgan fingerprint density at radius 1 is 1.13 bits per heavy atom. The molecule has 0 saturated carbocycles. The number of carbonyl (C=O) groups is 1. The standard InChI is InChI=1S/C20H24N6O4S/c1-5-10-26-16(21)15(18(28)25(3)20(26)29)14(27)11-31-19-23-22-17(24(19)2)12-6-8-13(30-4)9-7-12/h6-9H,5,10-11,21H2,1-4H3. The lowest BCUT2D eigenvalue weighted by atomic mass is 10.2. The lowest BCUT2D eigenvalue weighted by Gasteiger charge is -2.13. The van der Waals surface area contributed by atoms with Gasteiger partial charge in [0.15, 0.2) is 16.8 Å². The summed E-state index contributed by atoms with van der Waals surface area (Å²) in [6.45, 7) is 2.20. The number of nitrogen functional groups attached to an aromatic ring is 1. The quantitative estimate of drug-likeness (QED) is 0.407. The van der Waals surface area contributed by atoms with Crippen LogP contribution in [0.1, 0.15) is 23.7 Å². The zero-order valence-corrected chi connectivity index (χ0v) is 18.6. The molecule has 164 valence electrons. The highest BCUT2D eigenvalue weighted by Crippen LogP contribution is 2.25. The van der Waals surface area contributed by atoms with Crippen molar-refractivity contribution >= 4 is 23.4 Å². The minimum atomic E-state index is -0.697. The molecule has 31 heavy (non-hydrogen) atoms. The van der Waals surface area contributed by atoms with Gasteiger partial charge in [-0.25, -0.2) is 4.79 Å². The normalized spacial score (nSPS) is 11.0. The predicted molar refractivity (Wildman–Crippen MR) is 119 cm³/mol. The molecule has 2 N–H and O–H groups in total. The zero-order valence-electron chi connectivity index (χ0n) is 17.8. The van der Waals surface area contributed by atoms with E-state index in [4.69, 9.17) is 10.5 Å². The van der Waals surface area contributed by atoms with Gasteiger partial charge in [-0.2, -0.15) is 0 Å². The van der Waals surface area contributed by atoms with Crippen LogP contribution in [0.15, 0.2) is 39.0 Å². The number of nitrogens with two attached hydrogens (primary N) is 1. The zero-order chi connectivity index (χ0) is 22.7. The number of thioether (sulfide) groups is 1. The molecule has 2 aromatic heterocycles. The van der Waals surface area contributed by atoms with E-state index in [-0.39, 0.29) is 17.1 Å². The number of carbonyl (C=O) groups excluding carboxylic acids is 1. The van der Waals surface area contributed by atoms with Crippen LogP contribution in [0.3, 0.4) is 0 Å². The fourth-order valence-corrected chi connectivity index (χ4v) is 3.90. The second-order valence-electron chi connectivity index (χ2n) is 6.86. The summed E-state index contributed by atoms with van der Waals surface area (Å²) in [4.78, 5) is 37.6. The van der Waals surface area contributed by atoms with E-state index >= 15 is 0 Å². The maximum Gasteiger partial charge on any atom is 0.332 e. The number of methoxy groups -OCH3 is 1. The smallest absolute Gasteiger partial charge is 0.332 e. The minimum Gasteiger partial charge on any atom is -0.497 e. The molecule has 0 spiro atoms. The Morgan fingerprint density at radius 2 is 1.81 bits per heavy atom. The third kappa shape index (κ3) is 4.26. The topological polar surface area (TPSA) is 127 Å². The van der Waals surface area contributed by atoms with Crippen molar-refractivity contribution in [3.63, 3.8) is 0 Å². The molecule has 0 amide bonds. The number of aromatic nitrogens is 5. The van der Waals surface area contributed by atoms with Gasteiger partial charge in [-0.1, -0.05) is 18.7 Å². The molecule has 0 fully saturated rings. The first-order valence-corrected chi connectivity index (χ1v) is 10.6. The summed E-state index contributed by atoms with van der Waals surface area (Å²) in [5.41, 5.74) is 5.45. The number of ether oxygens (including phenoxy) is 1. The van der Waals surface area contributed by atoms with E-state index in [1.165, 1.54) is 11.6 Å². The second-order valence-corrected chi connectivity index (χ2v) is 7.81. The van der Waals surface area contributed by atoms with E-state index in [2.05, 4.69) is 10.2 Å². The monoisotopic (exact) mass is 444 g/mol. The lowest BCUT2D eigenvalue weighted by Crippen LogP contribution is -2.42. The molecule has 11 heteroatoms. The van der Waals surface area contributed by atoms with Gasteiger partial charge in [-0.3, -0.25) is 18.7 Å². The Kier molecular flexibility index (Phi) is 6.64. The Bertz CT molecular complexity index is 1230. The molecule has 10 nitrogen and oxygen atoms in total. The highest BCUT2D eigenvalue weighted by atomic mass is 32.2. The summed E-state index contributed by atoms with van der Waals surface area (Å²) in [5.74, 6) is 0.719. The number of ketones is 1. The summed E-state index contributed by atoms with van der Waals surface area (Å²) in [6.07, 6.45) is 0.637. The first-order chi connectivity index (χ1) is 14.8. The number of hydrogen-bond acceptors (Lipinski definition) is 8.